The maximum absolute atomic E-state index is 11.2. The molecule has 0 radical (unpaired) electrons. The number of piperidine rings is 1. The quantitative estimate of drug-likeness (QED) is 0.692. The summed E-state index contributed by atoms with van der Waals surface area (Å²) in [6.07, 6.45) is 4.16. The lowest BCUT2D eigenvalue weighted by molar-refractivity contribution is 0.00962. The highest BCUT2D eigenvalue weighted by molar-refractivity contribution is 5.85. The summed E-state index contributed by atoms with van der Waals surface area (Å²) in [7, 11) is 1.65. The van der Waals surface area contributed by atoms with Crippen molar-refractivity contribution in [3.63, 3.8) is 0 Å². The Labute approximate surface area is 171 Å². The van der Waals surface area contributed by atoms with Crippen molar-refractivity contribution in [2.24, 2.45) is 5.92 Å². The number of aromatic amines is 1. The molecule has 6 rings (SSSR count). The number of hydrogen-bond acceptors (Lipinski definition) is 3. The summed E-state index contributed by atoms with van der Waals surface area (Å²) in [5.74, 6) is 1.50. The predicted molar refractivity (Wildman–Crippen MR) is 115 cm³/mol. The summed E-state index contributed by atoms with van der Waals surface area (Å²) >= 11 is 0. The number of phenols is 1. The predicted octanol–water partition coefficient (Wildman–Crippen LogP) is 4.19. The minimum Gasteiger partial charge on any atom is -0.504 e. The molecule has 0 saturated carbocycles. The molecular formula is C25H28N2O2. The number of rotatable bonds is 2. The SMILES string of the molecule is CCN1CC[C@@]23Cc4[nH]c5ccccc5c4C[C@H]2[C@@H]1Cc1ccc(OC)c(O)c13. The van der Waals surface area contributed by atoms with E-state index in [1.54, 1.807) is 7.11 Å². The van der Waals surface area contributed by atoms with Crippen LogP contribution in [-0.4, -0.2) is 41.2 Å². The zero-order valence-electron chi connectivity index (χ0n) is 17.2. The number of fused-ring (bicyclic) bond motifs is 4. The first-order valence-corrected chi connectivity index (χ1v) is 10.9. The molecule has 2 aromatic carbocycles. The molecule has 0 unspecified atom stereocenters. The van der Waals surface area contributed by atoms with Gasteiger partial charge in [0.1, 0.15) is 0 Å². The fraction of sp³-hybridized carbons (Fsp3) is 0.440. The van der Waals surface area contributed by atoms with Crippen molar-refractivity contribution >= 4 is 10.9 Å². The summed E-state index contributed by atoms with van der Waals surface area (Å²) in [5.41, 5.74) is 6.55. The Morgan fingerprint density at radius 3 is 2.90 bits per heavy atom. The van der Waals surface area contributed by atoms with Gasteiger partial charge < -0.3 is 14.8 Å². The first-order valence-electron chi connectivity index (χ1n) is 10.9. The van der Waals surface area contributed by atoms with Crippen LogP contribution in [0.1, 0.15) is 35.7 Å². The zero-order chi connectivity index (χ0) is 19.8. The zero-order valence-corrected chi connectivity index (χ0v) is 17.2. The summed E-state index contributed by atoms with van der Waals surface area (Å²) < 4.78 is 5.52. The lowest BCUT2D eigenvalue weighted by atomic mass is 9.52. The number of aromatic nitrogens is 1. The van der Waals surface area contributed by atoms with Crippen LogP contribution in [0.5, 0.6) is 11.5 Å². The fourth-order valence-electron chi connectivity index (χ4n) is 6.84. The maximum atomic E-state index is 11.2. The average molecular weight is 389 g/mol. The number of benzene rings is 2. The topological polar surface area (TPSA) is 48.5 Å². The van der Waals surface area contributed by atoms with E-state index in [2.05, 4.69) is 47.1 Å². The van der Waals surface area contributed by atoms with Gasteiger partial charge in [0.15, 0.2) is 11.5 Å². The fourth-order valence-corrected chi connectivity index (χ4v) is 6.84. The van der Waals surface area contributed by atoms with Crippen molar-refractivity contribution in [2.75, 3.05) is 20.2 Å². The monoisotopic (exact) mass is 388 g/mol. The molecule has 150 valence electrons. The van der Waals surface area contributed by atoms with Crippen LogP contribution >= 0.6 is 0 Å². The van der Waals surface area contributed by atoms with Crippen molar-refractivity contribution in [3.05, 3.63) is 58.8 Å². The van der Waals surface area contributed by atoms with Crippen LogP contribution in [0.4, 0.5) is 0 Å². The number of likely N-dealkylation sites (N-methyl/N-ethyl adjacent to an activating group) is 1. The maximum Gasteiger partial charge on any atom is 0.161 e. The number of para-hydroxylation sites is 1. The molecule has 2 N–H and O–H groups in total. The van der Waals surface area contributed by atoms with Gasteiger partial charge in [0.05, 0.1) is 7.11 Å². The molecule has 1 aromatic heterocycles. The summed E-state index contributed by atoms with van der Waals surface area (Å²) in [5, 5.41) is 12.6. The Bertz CT molecular complexity index is 1120. The van der Waals surface area contributed by atoms with Crippen molar-refractivity contribution in [1.82, 2.24) is 9.88 Å². The Hall–Kier alpha value is -2.46. The lowest BCUT2D eigenvalue weighted by Gasteiger charge is -2.58. The van der Waals surface area contributed by atoms with E-state index in [4.69, 9.17) is 4.74 Å². The van der Waals surface area contributed by atoms with Gasteiger partial charge in [-0.2, -0.15) is 0 Å². The van der Waals surface area contributed by atoms with E-state index in [0.29, 0.717) is 23.5 Å². The number of nitrogens with zero attached hydrogens (tertiary/aromatic N) is 1. The van der Waals surface area contributed by atoms with Crippen LogP contribution in [-0.2, 0) is 24.7 Å². The summed E-state index contributed by atoms with van der Waals surface area (Å²) in [6, 6.07) is 13.4. The van der Waals surface area contributed by atoms with Gasteiger partial charge in [0.25, 0.3) is 0 Å². The highest BCUT2D eigenvalue weighted by Crippen LogP contribution is 2.58. The molecule has 2 aliphatic carbocycles. The molecule has 29 heavy (non-hydrogen) atoms. The molecule has 0 amide bonds. The van der Waals surface area contributed by atoms with Crippen LogP contribution in [0.3, 0.4) is 0 Å². The largest absolute Gasteiger partial charge is 0.504 e. The first kappa shape index (κ1) is 17.4. The van der Waals surface area contributed by atoms with Crippen LogP contribution in [0.2, 0.25) is 0 Å². The summed E-state index contributed by atoms with van der Waals surface area (Å²) in [4.78, 5) is 6.40. The average Bonchev–Trinajstić information content (AvgIpc) is 3.09. The second-order valence-corrected chi connectivity index (χ2v) is 9.07. The highest BCUT2D eigenvalue weighted by Gasteiger charge is 2.56. The Balaban J connectivity index is 1.60. The van der Waals surface area contributed by atoms with Gasteiger partial charge in [-0.1, -0.05) is 31.2 Å². The molecule has 1 saturated heterocycles. The Morgan fingerprint density at radius 1 is 1.21 bits per heavy atom. The molecule has 3 aromatic rings. The van der Waals surface area contributed by atoms with Crippen molar-refractivity contribution in [3.8, 4) is 11.5 Å². The third-order valence-electron chi connectivity index (χ3n) is 8.09. The third kappa shape index (κ3) is 2.18. The molecule has 4 nitrogen and oxygen atoms in total. The van der Waals surface area contributed by atoms with Gasteiger partial charge in [-0.15, -0.1) is 0 Å². The summed E-state index contributed by atoms with van der Waals surface area (Å²) in [6.45, 7) is 4.48. The molecule has 2 bridgehead atoms. The molecule has 1 aliphatic heterocycles. The number of hydrogen-bond donors (Lipinski definition) is 2. The van der Waals surface area contributed by atoms with Crippen molar-refractivity contribution in [1.29, 1.82) is 0 Å². The van der Waals surface area contributed by atoms with E-state index in [1.165, 1.54) is 27.7 Å². The Kier molecular flexibility index (Phi) is 3.61. The number of methoxy groups -OCH3 is 1. The van der Waals surface area contributed by atoms with Crippen molar-refractivity contribution < 1.29 is 9.84 Å². The first-order chi connectivity index (χ1) is 14.2. The van der Waals surface area contributed by atoms with E-state index in [0.717, 1.165) is 44.3 Å². The molecule has 0 spiro atoms. The van der Waals surface area contributed by atoms with Gasteiger partial charge in [0.2, 0.25) is 0 Å². The van der Waals surface area contributed by atoms with E-state index < -0.39 is 0 Å². The lowest BCUT2D eigenvalue weighted by Crippen LogP contribution is -2.62. The van der Waals surface area contributed by atoms with Gasteiger partial charge in [0, 0.05) is 33.6 Å². The third-order valence-corrected chi connectivity index (χ3v) is 8.09. The molecular weight excluding hydrogens is 360 g/mol. The van der Waals surface area contributed by atoms with E-state index in [9.17, 15) is 5.11 Å². The van der Waals surface area contributed by atoms with Crippen LogP contribution < -0.4 is 4.74 Å². The smallest absolute Gasteiger partial charge is 0.161 e. The Morgan fingerprint density at radius 2 is 2.07 bits per heavy atom. The van der Waals surface area contributed by atoms with Gasteiger partial charge in [-0.25, -0.2) is 0 Å². The number of H-pyrrole nitrogens is 1. The second-order valence-electron chi connectivity index (χ2n) is 9.07. The molecule has 1 fully saturated rings. The molecule has 3 aliphatic rings. The number of phenolic OH excluding ortho intramolecular Hbond substituents is 1. The standard InChI is InChI=1S/C25H28N2O2/c1-3-27-11-10-25-14-20-17(16-6-4-5-7-19(16)26-20)13-18(25)21(27)12-15-8-9-22(29-2)24(28)23(15)25/h4-9,18,21,26,28H,3,10-14H2,1-2H3/t18-,21-,25+/m0/s1. The highest BCUT2D eigenvalue weighted by atomic mass is 16.5. The van der Waals surface area contributed by atoms with Gasteiger partial charge in [-0.3, -0.25) is 4.90 Å². The van der Waals surface area contributed by atoms with Crippen LogP contribution in [0.15, 0.2) is 36.4 Å². The van der Waals surface area contributed by atoms with Crippen LogP contribution in [0.25, 0.3) is 10.9 Å². The van der Waals surface area contributed by atoms with Gasteiger partial charge in [-0.05, 0) is 68.0 Å². The number of likely N-dealkylation sites (tertiary alicyclic amines) is 1. The number of aromatic hydroxyl groups is 1. The minimum absolute atomic E-state index is 0.0174. The molecule has 3 atom stereocenters. The van der Waals surface area contributed by atoms with E-state index in [-0.39, 0.29) is 5.41 Å². The van der Waals surface area contributed by atoms with E-state index in [1.807, 2.05) is 6.07 Å². The van der Waals surface area contributed by atoms with Crippen molar-refractivity contribution in [2.45, 2.75) is 44.1 Å². The van der Waals surface area contributed by atoms with Crippen LogP contribution in [0, 0.1) is 5.92 Å². The normalized spacial score (nSPS) is 27.9. The van der Waals surface area contributed by atoms with E-state index >= 15 is 0 Å². The molecule has 4 heteroatoms. The van der Waals surface area contributed by atoms with Gasteiger partial charge >= 0.3 is 0 Å². The number of ether oxygens (including phenoxy) is 1. The number of nitrogens with one attached hydrogen (secondary N) is 1. The minimum atomic E-state index is -0.0174. The second kappa shape index (κ2) is 6.02. The molecule has 2 heterocycles.